The van der Waals surface area contributed by atoms with Crippen LogP contribution in [0.1, 0.15) is 68.5 Å². The molecule has 3 heteroatoms. The first kappa shape index (κ1) is 15.0. The minimum Gasteiger partial charge on any atom is -0.305 e. The molecule has 0 spiro atoms. The number of aromatic nitrogens is 1. The highest BCUT2D eigenvalue weighted by Crippen LogP contribution is 2.42. The molecule has 1 aromatic rings. The van der Waals surface area contributed by atoms with Crippen LogP contribution in [0.15, 0.2) is 0 Å². The van der Waals surface area contributed by atoms with Gasteiger partial charge in [-0.15, -0.1) is 11.3 Å². The van der Waals surface area contributed by atoms with Gasteiger partial charge in [0.15, 0.2) is 0 Å². The summed E-state index contributed by atoms with van der Waals surface area (Å²) in [5, 5.41) is 5.19. The fraction of sp³-hybridized carbons (Fsp3) is 0.812. The molecule has 2 nitrogen and oxygen atoms in total. The van der Waals surface area contributed by atoms with Gasteiger partial charge in [-0.25, -0.2) is 4.98 Å². The van der Waals surface area contributed by atoms with Crippen LogP contribution in [0, 0.1) is 12.8 Å². The Hall–Kier alpha value is -0.410. The fourth-order valence-corrected chi connectivity index (χ4v) is 4.51. The third-order valence-electron chi connectivity index (χ3n) is 4.35. The summed E-state index contributed by atoms with van der Waals surface area (Å²) in [6, 6.07) is 0. The maximum absolute atomic E-state index is 4.97. The van der Waals surface area contributed by atoms with E-state index in [-0.39, 0.29) is 5.54 Å². The molecule has 1 aliphatic rings. The second-order valence-electron chi connectivity index (χ2n) is 6.09. The number of rotatable bonds is 5. The summed E-state index contributed by atoms with van der Waals surface area (Å²) in [6.45, 7) is 10.2. The molecule has 1 fully saturated rings. The van der Waals surface area contributed by atoms with Gasteiger partial charge in [-0.2, -0.15) is 0 Å². The van der Waals surface area contributed by atoms with E-state index < -0.39 is 0 Å². The predicted molar refractivity (Wildman–Crippen MR) is 83.8 cm³/mol. The maximum Gasteiger partial charge on any atom is 0.113 e. The van der Waals surface area contributed by atoms with Gasteiger partial charge in [0.05, 0.1) is 11.2 Å². The Morgan fingerprint density at radius 1 is 1.42 bits per heavy atom. The van der Waals surface area contributed by atoms with E-state index in [9.17, 15) is 0 Å². The van der Waals surface area contributed by atoms with Crippen molar-refractivity contribution in [3.05, 3.63) is 15.6 Å². The van der Waals surface area contributed by atoms with E-state index in [1.54, 1.807) is 0 Å². The molecule has 0 saturated heterocycles. The molecule has 1 aromatic heterocycles. The summed E-state index contributed by atoms with van der Waals surface area (Å²) in [7, 11) is 0. The van der Waals surface area contributed by atoms with Crippen molar-refractivity contribution < 1.29 is 0 Å². The summed E-state index contributed by atoms with van der Waals surface area (Å²) in [6.07, 6.45) is 7.47. The van der Waals surface area contributed by atoms with Gasteiger partial charge in [-0.3, -0.25) is 0 Å². The van der Waals surface area contributed by atoms with Gasteiger partial charge < -0.3 is 5.32 Å². The maximum atomic E-state index is 4.97. The molecule has 0 amide bonds. The van der Waals surface area contributed by atoms with Crippen LogP contribution in [0.25, 0.3) is 0 Å². The quantitative estimate of drug-likeness (QED) is 0.863. The second kappa shape index (κ2) is 6.36. The van der Waals surface area contributed by atoms with Crippen LogP contribution in [0.3, 0.4) is 0 Å². The molecule has 0 aliphatic heterocycles. The molecule has 0 aromatic carbocycles. The Balaban J connectivity index is 2.29. The van der Waals surface area contributed by atoms with Crippen molar-refractivity contribution >= 4 is 11.3 Å². The van der Waals surface area contributed by atoms with E-state index in [1.165, 1.54) is 47.7 Å². The third kappa shape index (κ3) is 3.19. The van der Waals surface area contributed by atoms with Crippen LogP contribution in [-0.4, -0.2) is 11.5 Å². The van der Waals surface area contributed by atoms with Crippen molar-refractivity contribution in [2.24, 2.45) is 5.92 Å². The highest BCUT2D eigenvalue weighted by atomic mass is 32.1. The van der Waals surface area contributed by atoms with Crippen molar-refractivity contribution in [1.29, 1.82) is 0 Å². The molecule has 1 saturated carbocycles. The normalized spacial score (nSPS) is 27.7. The molecular formula is C16H28N2S. The number of thiazole rings is 1. The highest BCUT2D eigenvalue weighted by Gasteiger charge is 2.38. The van der Waals surface area contributed by atoms with Gasteiger partial charge in [0.25, 0.3) is 0 Å². The molecule has 0 bridgehead atoms. The summed E-state index contributed by atoms with van der Waals surface area (Å²) in [4.78, 5) is 6.38. The van der Waals surface area contributed by atoms with Crippen LogP contribution in [0.2, 0.25) is 0 Å². The lowest BCUT2D eigenvalue weighted by Crippen LogP contribution is -2.46. The highest BCUT2D eigenvalue weighted by molar-refractivity contribution is 7.11. The number of nitrogens with zero attached hydrogens (tertiary/aromatic N) is 1. The van der Waals surface area contributed by atoms with Gasteiger partial charge in [0, 0.05) is 4.88 Å². The molecule has 1 heterocycles. The van der Waals surface area contributed by atoms with E-state index in [2.05, 4.69) is 33.0 Å². The van der Waals surface area contributed by atoms with E-state index in [0.717, 1.165) is 18.9 Å². The first-order chi connectivity index (χ1) is 9.11. The first-order valence-electron chi connectivity index (χ1n) is 7.83. The van der Waals surface area contributed by atoms with Crippen LogP contribution < -0.4 is 5.32 Å². The van der Waals surface area contributed by atoms with Crippen molar-refractivity contribution in [2.75, 3.05) is 6.54 Å². The molecule has 2 atom stereocenters. The number of hydrogen-bond acceptors (Lipinski definition) is 3. The topological polar surface area (TPSA) is 24.9 Å². The number of nitrogens with one attached hydrogen (secondary N) is 1. The SMILES string of the molecule is CCCNC1(c2nc(CC)c(C)s2)CCCC(C)C1. The smallest absolute Gasteiger partial charge is 0.113 e. The Labute approximate surface area is 122 Å². The number of aryl methyl sites for hydroxylation is 2. The van der Waals surface area contributed by atoms with Crippen molar-refractivity contribution in [3.63, 3.8) is 0 Å². The molecule has 1 aliphatic carbocycles. The minimum absolute atomic E-state index is 0.163. The van der Waals surface area contributed by atoms with Crippen LogP contribution in [-0.2, 0) is 12.0 Å². The average Bonchev–Trinajstić information content (AvgIpc) is 2.78. The first-order valence-corrected chi connectivity index (χ1v) is 8.64. The third-order valence-corrected chi connectivity index (χ3v) is 5.56. The van der Waals surface area contributed by atoms with E-state index in [0.29, 0.717) is 0 Å². The van der Waals surface area contributed by atoms with Crippen molar-refractivity contribution in [3.8, 4) is 0 Å². The van der Waals surface area contributed by atoms with Crippen molar-refractivity contribution in [1.82, 2.24) is 10.3 Å². The summed E-state index contributed by atoms with van der Waals surface area (Å²) in [5.41, 5.74) is 1.46. The molecule has 108 valence electrons. The average molecular weight is 280 g/mol. The zero-order valence-electron chi connectivity index (χ0n) is 12.9. The molecule has 19 heavy (non-hydrogen) atoms. The zero-order chi connectivity index (χ0) is 13.9. The van der Waals surface area contributed by atoms with E-state index >= 15 is 0 Å². The van der Waals surface area contributed by atoms with Gasteiger partial charge in [-0.1, -0.05) is 33.6 Å². The minimum atomic E-state index is 0.163. The molecule has 2 rings (SSSR count). The predicted octanol–water partition coefficient (Wildman–Crippen LogP) is 4.42. The van der Waals surface area contributed by atoms with E-state index in [1.807, 2.05) is 11.3 Å². The largest absolute Gasteiger partial charge is 0.305 e. The molecule has 2 unspecified atom stereocenters. The van der Waals surface area contributed by atoms with Gasteiger partial charge in [-0.05, 0) is 45.1 Å². The summed E-state index contributed by atoms with van der Waals surface area (Å²) >= 11 is 1.92. The van der Waals surface area contributed by atoms with Gasteiger partial charge in [0.1, 0.15) is 5.01 Å². The monoisotopic (exact) mass is 280 g/mol. The Morgan fingerprint density at radius 3 is 2.79 bits per heavy atom. The molecular weight excluding hydrogens is 252 g/mol. The summed E-state index contributed by atoms with van der Waals surface area (Å²) in [5.74, 6) is 0.812. The lowest BCUT2D eigenvalue weighted by molar-refractivity contribution is 0.187. The van der Waals surface area contributed by atoms with Crippen LogP contribution in [0.4, 0.5) is 0 Å². The van der Waals surface area contributed by atoms with Gasteiger partial charge in [0.2, 0.25) is 0 Å². The lowest BCUT2D eigenvalue weighted by atomic mass is 9.76. The Kier molecular flexibility index (Phi) is 5.02. The van der Waals surface area contributed by atoms with Gasteiger partial charge >= 0.3 is 0 Å². The van der Waals surface area contributed by atoms with Crippen LogP contribution >= 0.6 is 11.3 Å². The second-order valence-corrected chi connectivity index (χ2v) is 7.29. The zero-order valence-corrected chi connectivity index (χ0v) is 13.7. The van der Waals surface area contributed by atoms with Crippen molar-refractivity contribution in [2.45, 2.75) is 71.8 Å². The summed E-state index contributed by atoms with van der Waals surface area (Å²) < 4.78 is 0. The van der Waals surface area contributed by atoms with E-state index in [4.69, 9.17) is 4.98 Å². The Bertz CT molecular complexity index is 413. The number of hydrogen-bond donors (Lipinski definition) is 1. The Morgan fingerprint density at radius 2 is 2.21 bits per heavy atom. The lowest BCUT2D eigenvalue weighted by Gasteiger charge is -2.39. The molecule has 0 radical (unpaired) electrons. The standard InChI is InChI=1S/C16H28N2S/c1-5-10-17-16(9-7-8-12(3)11-16)15-18-14(6-2)13(4)19-15/h12,17H,5-11H2,1-4H3. The fourth-order valence-electron chi connectivity index (χ4n) is 3.31. The van der Waals surface area contributed by atoms with Crippen LogP contribution in [0.5, 0.6) is 0 Å². The molecule has 1 N–H and O–H groups in total.